The molecule has 0 spiro atoms. The maximum Gasteiger partial charge on any atom is 0.290 e. The predicted molar refractivity (Wildman–Crippen MR) is 56.6 cm³/mol. The van der Waals surface area contributed by atoms with Gasteiger partial charge in [-0.15, -0.1) is 0 Å². The van der Waals surface area contributed by atoms with E-state index < -0.39 is 5.79 Å². The van der Waals surface area contributed by atoms with E-state index in [4.69, 9.17) is 9.47 Å². The van der Waals surface area contributed by atoms with Gasteiger partial charge in [0.25, 0.3) is 5.79 Å². The zero-order valence-corrected chi connectivity index (χ0v) is 9.96. The standard InChI is InChI=1S/C11H20O4/c1-5-9(12)11(14-7-3,15-8-4)10(13)6-2/h5-8H2,1-4H3. The molecule has 4 nitrogen and oxygen atoms in total. The second-order valence-electron chi connectivity index (χ2n) is 3.04. The molecule has 0 radical (unpaired) electrons. The van der Waals surface area contributed by atoms with Crippen LogP contribution in [0.5, 0.6) is 0 Å². The van der Waals surface area contributed by atoms with E-state index in [0.717, 1.165) is 0 Å². The monoisotopic (exact) mass is 216 g/mol. The van der Waals surface area contributed by atoms with E-state index in [-0.39, 0.29) is 37.6 Å². The van der Waals surface area contributed by atoms with Gasteiger partial charge in [0.05, 0.1) is 0 Å². The molecule has 0 heterocycles. The van der Waals surface area contributed by atoms with Crippen molar-refractivity contribution < 1.29 is 19.1 Å². The van der Waals surface area contributed by atoms with Gasteiger partial charge in [0.2, 0.25) is 0 Å². The lowest BCUT2D eigenvalue weighted by Crippen LogP contribution is -2.51. The summed E-state index contributed by atoms with van der Waals surface area (Å²) < 4.78 is 10.5. The van der Waals surface area contributed by atoms with Crippen molar-refractivity contribution >= 4 is 11.6 Å². The van der Waals surface area contributed by atoms with Gasteiger partial charge in [0.1, 0.15) is 0 Å². The molecule has 0 fully saturated rings. The summed E-state index contributed by atoms with van der Waals surface area (Å²) in [6.45, 7) is 7.41. The quantitative estimate of drug-likeness (QED) is 0.458. The third-order valence-corrected chi connectivity index (χ3v) is 2.07. The van der Waals surface area contributed by atoms with Crippen LogP contribution in [0.25, 0.3) is 0 Å². The minimum Gasteiger partial charge on any atom is -0.338 e. The van der Waals surface area contributed by atoms with Crippen molar-refractivity contribution in [3.63, 3.8) is 0 Å². The van der Waals surface area contributed by atoms with Crippen molar-refractivity contribution in [2.75, 3.05) is 13.2 Å². The van der Waals surface area contributed by atoms with Crippen molar-refractivity contribution in [2.45, 2.75) is 46.3 Å². The largest absolute Gasteiger partial charge is 0.338 e. The first-order chi connectivity index (χ1) is 7.08. The molecule has 0 N–H and O–H groups in total. The Balaban J connectivity index is 5.05. The number of ether oxygens (including phenoxy) is 2. The number of carbonyl (C=O) groups is 2. The number of hydrogen-bond donors (Lipinski definition) is 0. The molecule has 0 atom stereocenters. The van der Waals surface area contributed by atoms with Gasteiger partial charge in [0.15, 0.2) is 11.6 Å². The number of hydrogen-bond acceptors (Lipinski definition) is 4. The third kappa shape index (κ3) is 3.11. The Morgan fingerprint density at radius 1 is 0.867 bits per heavy atom. The Bertz CT molecular complexity index is 199. The van der Waals surface area contributed by atoms with E-state index in [0.29, 0.717) is 0 Å². The van der Waals surface area contributed by atoms with Crippen LogP contribution < -0.4 is 0 Å². The van der Waals surface area contributed by atoms with Crippen molar-refractivity contribution in [3.05, 3.63) is 0 Å². The van der Waals surface area contributed by atoms with Gasteiger partial charge >= 0.3 is 0 Å². The van der Waals surface area contributed by atoms with Crippen LogP contribution in [0.1, 0.15) is 40.5 Å². The van der Waals surface area contributed by atoms with Crippen LogP contribution in [-0.2, 0) is 19.1 Å². The molecule has 0 rings (SSSR count). The van der Waals surface area contributed by atoms with E-state index in [9.17, 15) is 9.59 Å². The molecular weight excluding hydrogens is 196 g/mol. The Kier molecular flexibility index (Phi) is 6.36. The molecule has 0 bridgehead atoms. The third-order valence-electron chi connectivity index (χ3n) is 2.07. The van der Waals surface area contributed by atoms with Crippen LogP contribution in [0.15, 0.2) is 0 Å². The maximum atomic E-state index is 11.7. The fourth-order valence-corrected chi connectivity index (χ4v) is 1.39. The van der Waals surface area contributed by atoms with E-state index in [1.54, 1.807) is 27.7 Å². The summed E-state index contributed by atoms with van der Waals surface area (Å²) in [5.41, 5.74) is 0. The average molecular weight is 216 g/mol. The normalized spacial score (nSPS) is 11.5. The van der Waals surface area contributed by atoms with Crippen molar-refractivity contribution in [1.82, 2.24) is 0 Å². The summed E-state index contributed by atoms with van der Waals surface area (Å²) in [6.07, 6.45) is 0.456. The van der Waals surface area contributed by atoms with Crippen molar-refractivity contribution in [3.8, 4) is 0 Å². The lowest BCUT2D eigenvalue weighted by molar-refractivity contribution is -0.221. The second-order valence-corrected chi connectivity index (χ2v) is 3.04. The Morgan fingerprint density at radius 2 is 1.20 bits per heavy atom. The zero-order chi connectivity index (χ0) is 11.9. The molecule has 0 aliphatic heterocycles. The van der Waals surface area contributed by atoms with Gasteiger partial charge in [-0.25, -0.2) is 0 Å². The highest BCUT2D eigenvalue weighted by Gasteiger charge is 2.45. The molecule has 0 amide bonds. The summed E-state index contributed by atoms with van der Waals surface area (Å²) >= 11 is 0. The van der Waals surface area contributed by atoms with E-state index in [1.807, 2.05) is 0 Å². The fourth-order valence-electron chi connectivity index (χ4n) is 1.39. The van der Waals surface area contributed by atoms with Crippen molar-refractivity contribution in [2.24, 2.45) is 0 Å². The van der Waals surface area contributed by atoms with Crippen LogP contribution in [0.3, 0.4) is 0 Å². The minimum atomic E-state index is -1.66. The van der Waals surface area contributed by atoms with Crippen LogP contribution in [0, 0.1) is 0 Å². The summed E-state index contributed by atoms with van der Waals surface area (Å²) in [5, 5.41) is 0. The molecule has 4 heteroatoms. The number of Topliss-reactive ketones (excluding diaryl/α,β-unsaturated/α-hetero) is 2. The lowest BCUT2D eigenvalue weighted by Gasteiger charge is -2.29. The number of ketones is 2. The van der Waals surface area contributed by atoms with Gasteiger partial charge < -0.3 is 9.47 Å². The highest BCUT2D eigenvalue weighted by molar-refractivity contribution is 6.08. The summed E-state index contributed by atoms with van der Waals surface area (Å²) in [4.78, 5) is 23.5. The molecule has 0 aromatic carbocycles. The summed E-state index contributed by atoms with van der Waals surface area (Å²) in [7, 11) is 0. The molecule has 0 aromatic rings. The topological polar surface area (TPSA) is 52.6 Å². The fraction of sp³-hybridized carbons (Fsp3) is 0.818. The van der Waals surface area contributed by atoms with Crippen LogP contribution >= 0.6 is 0 Å². The van der Waals surface area contributed by atoms with Gasteiger partial charge in [0, 0.05) is 26.1 Å². The average Bonchev–Trinajstić information content (AvgIpc) is 2.26. The van der Waals surface area contributed by atoms with Gasteiger partial charge in [-0.1, -0.05) is 13.8 Å². The van der Waals surface area contributed by atoms with Crippen LogP contribution in [0.4, 0.5) is 0 Å². The lowest BCUT2D eigenvalue weighted by atomic mass is 10.0. The first kappa shape index (κ1) is 14.3. The van der Waals surface area contributed by atoms with E-state index >= 15 is 0 Å². The molecule has 88 valence electrons. The number of rotatable bonds is 8. The Morgan fingerprint density at radius 3 is 1.40 bits per heavy atom. The van der Waals surface area contributed by atoms with E-state index in [1.165, 1.54) is 0 Å². The molecule has 0 saturated carbocycles. The SMILES string of the molecule is CCOC(OCC)(C(=O)CC)C(=O)CC. The first-order valence-corrected chi connectivity index (χ1v) is 5.43. The van der Waals surface area contributed by atoms with Crippen LogP contribution in [-0.4, -0.2) is 30.6 Å². The highest BCUT2D eigenvalue weighted by atomic mass is 16.7. The molecule has 0 saturated heterocycles. The maximum absolute atomic E-state index is 11.7. The molecule has 0 aliphatic carbocycles. The Labute approximate surface area is 90.9 Å². The van der Waals surface area contributed by atoms with Gasteiger partial charge in [-0.2, -0.15) is 0 Å². The molecular formula is C11H20O4. The van der Waals surface area contributed by atoms with Gasteiger partial charge in [-0.3, -0.25) is 9.59 Å². The molecule has 0 aliphatic rings. The molecule has 0 aromatic heterocycles. The first-order valence-electron chi connectivity index (χ1n) is 5.43. The summed E-state index contributed by atoms with van der Waals surface area (Å²) in [5.74, 6) is -2.27. The number of carbonyl (C=O) groups excluding carboxylic acids is 2. The Hall–Kier alpha value is -0.740. The highest BCUT2D eigenvalue weighted by Crippen LogP contribution is 2.20. The second kappa shape index (κ2) is 6.69. The van der Waals surface area contributed by atoms with Crippen molar-refractivity contribution in [1.29, 1.82) is 0 Å². The smallest absolute Gasteiger partial charge is 0.290 e. The van der Waals surface area contributed by atoms with Gasteiger partial charge in [-0.05, 0) is 13.8 Å². The predicted octanol–water partition coefficient (Wildman–Crippen LogP) is 1.71. The molecule has 15 heavy (non-hydrogen) atoms. The molecule has 0 unspecified atom stereocenters. The van der Waals surface area contributed by atoms with E-state index in [2.05, 4.69) is 0 Å². The minimum absolute atomic E-state index is 0.228. The summed E-state index contributed by atoms with van der Waals surface area (Å²) in [6, 6.07) is 0. The van der Waals surface area contributed by atoms with Crippen LogP contribution in [0.2, 0.25) is 0 Å². The zero-order valence-electron chi connectivity index (χ0n) is 9.96.